The summed E-state index contributed by atoms with van der Waals surface area (Å²) in [5.74, 6) is 4.87. The van der Waals surface area contributed by atoms with Gasteiger partial charge >= 0.3 is 44.8 Å². The molecule has 62 heavy (non-hydrogen) atoms. The van der Waals surface area contributed by atoms with Crippen LogP contribution >= 0.6 is 15.8 Å². The first-order valence-electron chi connectivity index (χ1n) is 20.9. The summed E-state index contributed by atoms with van der Waals surface area (Å²) in [6, 6.07) is 73.8. The van der Waals surface area contributed by atoms with Gasteiger partial charge in [-0.15, -0.1) is 35.4 Å². The fourth-order valence-corrected chi connectivity index (χ4v) is 13.9. The maximum Gasteiger partial charge on any atom is 1.00 e. The molecule has 0 saturated carbocycles. The maximum atomic E-state index is 7.14. The molecule has 0 fully saturated rings. The number of unbranched alkanes of at least 4 members (excludes halogenated alkanes) is 1. The number of benzene rings is 8. The van der Waals surface area contributed by atoms with E-state index in [4.69, 9.17) is 12.8 Å². The van der Waals surface area contributed by atoms with E-state index in [1.54, 1.807) is 0 Å². The molecule has 2 aliphatic carbocycles. The molecule has 0 spiro atoms. The monoisotopic (exact) mass is 1200 g/mol. The van der Waals surface area contributed by atoms with Crippen LogP contribution in [0.1, 0.15) is 46.2 Å². The fraction of sp³-hybridized carbons (Fsp3) is 0.103. The van der Waals surface area contributed by atoms with Crippen molar-refractivity contribution >= 4 is 37.1 Å². The van der Waals surface area contributed by atoms with Crippen molar-refractivity contribution in [2.75, 3.05) is 12.3 Å². The zero-order valence-electron chi connectivity index (χ0n) is 34.5. The minimum absolute atomic E-state index is 0. The van der Waals surface area contributed by atoms with E-state index in [0.29, 0.717) is 0 Å². The number of hydrogen-bond donors (Lipinski definition) is 0. The van der Waals surface area contributed by atoms with Gasteiger partial charge in [-0.1, -0.05) is 133 Å². The predicted octanol–water partition coefficient (Wildman–Crippen LogP) is 11.9. The Kier molecular flexibility index (Phi) is 17.8. The molecule has 0 atom stereocenters. The third kappa shape index (κ3) is 11.6. The van der Waals surface area contributed by atoms with Gasteiger partial charge in [-0.05, 0) is 119 Å². The van der Waals surface area contributed by atoms with Gasteiger partial charge in [0.1, 0.15) is 0 Å². The van der Waals surface area contributed by atoms with E-state index in [0.717, 1.165) is 24.0 Å². The molecule has 0 aliphatic heterocycles. The topological polar surface area (TPSA) is 0 Å². The van der Waals surface area contributed by atoms with Gasteiger partial charge in [0, 0.05) is 0 Å². The van der Waals surface area contributed by atoms with Gasteiger partial charge in [0.05, 0.1) is 49.4 Å². The Morgan fingerprint density at radius 1 is 0.339 bits per heavy atom. The van der Waals surface area contributed by atoms with Crippen LogP contribution in [0, 0.1) is 24.7 Å². The Hall–Kier alpha value is -4.78. The van der Waals surface area contributed by atoms with E-state index in [-0.39, 0.29) is 44.8 Å². The largest absolute Gasteiger partial charge is 1.00 e. The molecule has 0 heterocycles. The Bertz CT molecular complexity index is 2470. The van der Waals surface area contributed by atoms with Crippen LogP contribution in [0.25, 0.3) is 22.3 Å². The number of rotatable bonds is 9. The van der Waals surface area contributed by atoms with Gasteiger partial charge in [-0.3, -0.25) is 11.8 Å². The molecule has 310 valence electrons. The van der Waals surface area contributed by atoms with Gasteiger partial charge in [0.2, 0.25) is 0 Å². The normalized spacial score (nSPS) is 11.0. The van der Waals surface area contributed by atoms with Crippen LogP contribution in [0.2, 0.25) is 0 Å². The first-order chi connectivity index (χ1) is 29.7. The van der Waals surface area contributed by atoms with Crippen LogP contribution in [0.3, 0.4) is 0 Å². The SMILES string of the molecule is [Au+].[Au+].[C-]#Cc1ccc2c(c1)-c1ccccc1C2.[C-]#Cc1ccc2c(c1)-c1ccccc1C2.c1ccc([PH+](CCCC[PH+](c2ccccc2)c2ccccc2)c2ccccc2)cc1. The summed E-state index contributed by atoms with van der Waals surface area (Å²) in [7, 11) is -1.43. The predicted molar refractivity (Wildman–Crippen MR) is 262 cm³/mol. The molecular formula is C58H48Au2P2+2. The van der Waals surface area contributed by atoms with Crippen molar-refractivity contribution in [1.29, 1.82) is 0 Å². The van der Waals surface area contributed by atoms with Crippen molar-refractivity contribution in [3.05, 3.63) is 252 Å². The molecule has 0 amide bonds. The van der Waals surface area contributed by atoms with E-state index in [1.165, 1.54) is 90.9 Å². The summed E-state index contributed by atoms with van der Waals surface area (Å²) in [5.41, 5.74) is 12.3. The molecule has 0 nitrogen and oxygen atoms in total. The molecule has 0 bridgehead atoms. The smallest absolute Gasteiger partial charge is 0.366 e. The van der Waals surface area contributed by atoms with Crippen molar-refractivity contribution in [2.24, 2.45) is 0 Å². The second-order valence-electron chi connectivity index (χ2n) is 15.3. The van der Waals surface area contributed by atoms with Crippen LogP contribution in [-0.4, -0.2) is 12.3 Å². The summed E-state index contributed by atoms with van der Waals surface area (Å²) in [6.45, 7) is 0. The van der Waals surface area contributed by atoms with E-state index in [2.05, 4.69) is 194 Å². The molecule has 4 heteroatoms. The van der Waals surface area contributed by atoms with E-state index < -0.39 is 15.8 Å². The van der Waals surface area contributed by atoms with Gasteiger partial charge < -0.3 is 12.8 Å². The molecule has 0 aromatic heterocycles. The van der Waals surface area contributed by atoms with Crippen molar-refractivity contribution < 1.29 is 44.8 Å². The second kappa shape index (κ2) is 23.6. The summed E-state index contributed by atoms with van der Waals surface area (Å²) in [5, 5.41) is 6.13. The number of fused-ring (bicyclic) bond motifs is 6. The summed E-state index contributed by atoms with van der Waals surface area (Å²) in [6.07, 6.45) is 21.5. The molecule has 8 aromatic carbocycles. The van der Waals surface area contributed by atoms with E-state index >= 15 is 0 Å². The van der Waals surface area contributed by atoms with Crippen LogP contribution in [0.5, 0.6) is 0 Å². The van der Waals surface area contributed by atoms with Crippen molar-refractivity contribution in [3.63, 3.8) is 0 Å². The van der Waals surface area contributed by atoms with Gasteiger partial charge in [0.25, 0.3) is 0 Å². The molecule has 8 aromatic rings. The molecular weight excluding hydrogens is 1150 g/mol. The molecule has 0 radical (unpaired) electrons. The maximum absolute atomic E-state index is 7.14. The summed E-state index contributed by atoms with van der Waals surface area (Å²) < 4.78 is 0. The Morgan fingerprint density at radius 2 is 0.629 bits per heavy atom. The minimum Gasteiger partial charge on any atom is -0.366 e. The standard InChI is InChI=1S/C28H28P2.2C15H9.2Au/c1-5-15-25(16-6-1)29(26-17-7-2-8-18-26)23-13-14-24-30(27-19-9-3-10-20-27)28-21-11-4-12-22-28;2*1-2-11-7-8-13-10-12-5-3-4-6-14(12)15(13)9-11;;/h1-12,15-22H,13-14,23-24H2;2*3-9H,10H2;;/q;2*-1;2*+1/p+2. The third-order valence-corrected chi connectivity index (χ3v) is 17.3. The van der Waals surface area contributed by atoms with Crippen molar-refractivity contribution in [1.82, 2.24) is 0 Å². The second-order valence-corrected chi connectivity index (χ2v) is 20.5. The first-order valence-corrected chi connectivity index (χ1v) is 24.3. The summed E-state index contributed by atoms with van der Waals surface area (Å²) >= 11 is 0. The van der Waals surface area contributed by atoms with Crippen LogP contribution in [-0.2, 0) is 57.6 Å². The fourth-order valence-electron chi connectivity index (χ4n) is 8.47. The first kappa shape index (κ1) is 46.7. The summed E-state index contributed by atoms with van der Waals surface area (Å²) in [4.78, 5) is 0. The van der Waals surface area contributed by atoms with Crippen molar-refractivity contribution in [3.8, 4) is 34.1 Å². The quantitative estimate of drug-likeness (QED) is 0.0444. The van der Waals surface area contributed by atoms with Crippen LogP contribution in [0.4, 0.5) is 0 Å². The van der Waals surface area contributed by atoms with Gasteiger partial charge in [-0.25, -0.2) is 0 Å². The third-order valence-electron chi connectivity index (χ3n) is 11.5. The Labute approximate surface area is 403 Å². The van der Waals surface area contributed by atoms with E-state index in [9.17, 15) is 0 Å². The molecule has 10 rings (SSSR count). The van der Waals surface area contributed by atoms with Crippen molar-refractivity contribution in [2.45, 2.75) is 25.7 Å². The molecule has 0 N–H and O–H groups in total. The van der Waals surface area contributed by atoms with Gasteiger partial charge in [0.15, 0.2) is 0 Å². The van der Waals surface area contributed by atoms with Crippen LogP contribution < -0.4 is 21.2 Å². The molecule has 0 saturated heterocycles. The zero-order valence-corrected chi connectivity index (χ0v) is 40.8. The van der Waals surface area contributed by atoms with Crippen LogP contribution in [0.15, 0.2) is 206 Å². The Morgan fingerprint density at radius 3 is 0.952 bits per heavy atom. The molecule has 0 unspecified atom stereocenters. The number of hydrogen-bond acceptors (Lipinski definition) is 0. The van der Waals surface area contributed by atoms with Gasteiger partial charge in [-0.2, -0.15) is 0 Å². The average molecular weight is 1200 g/mol. The van der Waals surface area contributed by atoms with E-state index in [1.807, 2.05) is 24.3 Å². The Balaban J connectivity index is 0.000000168. The zero-order chi connectivity index (χ0) is 40.9. The average Bonchev–Trinajstić information content (AvgIpc) is 3.89. The molecule has 2 aliphatic rings. The minimum atomic E-state index is -0.714.